The van der Waals surface area contributed by atoms with E-state index in [4.69, 9.17) is 15.2 Å². The molecule has 0 spiro atoms. The maximum absolute atomic E-state index is 12.8. The van der Waals surface area contributed by atoms with E-state index in [0.29, 0.717) is 50.1 Å². The average molecular weight is 359 g/mol. The van der Waals surface area contributed by atoms with E-state index in [1.54, 1.807) is 11.0 Å². The minimum Gasteiger partial charge on any atom is -0.486 e. The van der Waals surface area contributed by atoms with E-state index in [1.807, 2.05) is 19.1 Å². The van der Waals surface area contributed by atoms with Gasteiger partial charge in [0.2, 0.25) is 11.8 Å². The van der Waals surface area contributed by atoms with Gasteiger partial charge in [0, 0.05) is 24.8 Å². The van der Waals surface area contributed by atoms with Crippen LogP contribution >= 0.6 is 0 Å². The summed E-state index contributed by atoms with van der Waals surface area (Å²) in [7, 11) is 0. The number of nitrogens with two attached hydrogens (primary N) is 1. The molecule has 0 radical (unpaired) electrons. The predicted molar refractivity (Wildman–Crippen MR) is 96.2 cm³/mol. The molecule has 0 aromatic heterocycles. The van der Waals surface area contributed by atoms with Crippen LogP contribution in [0.4, 0.5) is 5.69 Å². The molecule has 3 aliphatic rings. The lowest BCUT2D eigenvalue weighted by atomic mass is 9.94. The fraction of sp³-hybridized carbons (Fsp3) is 0.579. The van der Waals surface area contributed by atoms with Crippen molar-refractivity contribution in [3.8, 4) is 11.5 Å². The van der Waals surface area contributed by atoms with Gasteiger partial charge in [-0.05, 0) is 44.2 Å². The van der Waals surface area contributed by atoms with Gasteiger partial charge in [0.1, 0.15) is 19.1 Å². The second-order valence-corrected chi connectivity index (χ2v) is 7.54. The molecule has 2 amide bonds. The Hall–Kier alpha value is -2.28. The lowest BCUT2D eigenvalue weighted by Gasteiger charge is -2.30. The van der Waals surface area contributed by atoms with Crippen LogP contribution in [0.25, 0.3) is 0 Å². The minimum absolute atomic E-state index is 0.172. The molecule has 4 rings (SSSR count). The number of amides is 2. The predicted octanol–water partition coefficient (Wildman–Crippen LogP) is 1.05. The zero-order valence-corrected chi connectivity index (χ0v) is 15.0. The van der Waals surface area contributed by atoms with Crippen molar-refractivity contribution >= 4 is 17.5 Å². The highest BCUT2D eigenvalue weighted by molar-refractivity contribution is 6.09. The number of nitrogens with one attached hydrogen (secondary N) is 1. The zero-order valence-electron chi connectivity index (χ0n) is 15.0. The third-order valence-corrected chi connectivity index (χ3v) is 5.67. The van der Waals surface area contributed by atoms with Crippen molar-refractivity contribution in [2.75, 3.05) is 31.2 Å². The van der Waals surface area contributed by atoms with Crippen LogP contribution in [0.15, 0.2) is 18.2 Å². The second-order valence-electron chi connectivity index (χ2n) is 7.54. The molecule has 1 aromatic carbocycles. The van der Waals surface area contributed by atoms with Gasteiger partial charge in [-0.15, -0.1) is 0 Å². The molecule has 7 heteroatoms. The van der Waals surface area contributed by atoms with E-state index in [2.05, 4.69) is 5.32 Å². The van der Waals surface area contributed by atoms with Crippen LogP contribution in [-0.2, 0) is 9.59 Å². The van der Waals surface area contributed by atoms with Crippen LogP contribution in [0.5, 0.6) is 11.5 Å². The van der Waals surface area contributed by atoms with Gasteiger partial charge in [-0.25, -0.2) is 0 Å². The highest BCUT2D eigenvalue weighted by Gasteiger charge is 2.45. The van der Waals surface area contributed by atoms with Gasteiger partial charge in [0.25, 0.3) is 0 Å². The summed E-state index contributed by atoms with van der Waals surface area (Å²) in [4.78, 5) is 27.2. The summed E-state index contributed by atoms with van der Waals surface area (Å²) in [5, 5.41) is 3.04. The molecule has 1 aliphatic carbocycles. The molecule has 1 saturated heterocycles. The van der Waals surface area contributed by atoms with Crippen molar-refractivity contribution in [2.45, 2.75) is 31.7 Å². The van der Waals surface area contributed by atoms with Crippen molar-refractivity contribution in [2.24, 2.45) is 17.6 Å². The lowest BCUT2D eigenvalue weighted by molar-refractivity contribution is -0.133. The molecular formula is C19H25N3O4. The van der Waals surface area contributed by atoms with E-state index >= 15 is 0 Å². The first-order valence-electron chi connectivity index (χ1n) is 9.25. The number of carbonyl (C=O) groups is 2. The van der Waals surface area contributed by atoms with Crippen molar-refractivity contribution in [1.29, 1.82) is 0 Å². The number of ether oxygens (including phenoxy) is 2. The normalized spacial score (nSPS) is 24.3. The summed E-state index contributed by atoms with van der Waals surface area (Å²) in [5.74, 6) is 0.696. The van der Waals surface area contributed by atoms with Crippen LogP contribution in [0.2, 0.25) is 0 Å². The summed E-state index contributed by atoms with van der Waals surface area (Å²) < 4.78 is 11.1. The number of hydrogen-bond acceptors (Lipinski definition) is 5. The average Bonchev–Trinajstić information content (AvgIpc) is 3.44. The number of benzene rings is 1. The Labute approximate surface area is 152 Å². The van der Waals surface area contributed by atoms with Crippen molar-refractivity contribution < 1.29 is 19.1 Å². The van der Waals surface area contributed by atoms with E-state index in [9.17, 15) is 9.59 Å². The largest absolute Gasteiger partial charge is 0.486 e. The van der Waals surface area contributed by atoms with E-state index in [1.165, 1.54) is 0 Å². The fourth-order valence-corrected chi connectivity index (χ4v) is 3.79. The van der Waals surface area contributed by atoms with E-state index in [0.717, 1.165) is 18.5 Å². The number of carbonyl (C=O) groups excluding carboxylic acids is 2. The molecular weight excluding hydrogens is 334 g/mol. The summed E-state index contributed by atoms with van der Waals surface area (Å²) in [6.45, 7) is 3.89. The molecule has 26 heavy (non-hydrogen) atoms. The monoisotopic (exact) mass is 359 g/mol. The maximum Gasteiger partial charge on any atom is 0.239 e. The molecule has 1 aromatic rings. The third kappa shape index (κ3) is 3.00. The number of nitrogens with zero attached hydrogens (tertiary/aromatic N) is 1. The Morgan fingerprint density at radius 3 is 2.69 bits per heavy atom. The minimum atomic E-state index is -0.659. The van der Waals surface area contributed by atoms with Crippen molar-refractivity contribution in [3.63, 3.8) is 0 Å². The van der Waals surface area contributed by atoms with Gasteiger partial charge in [-0.3, -0.25) is 9.59 Å². The highest BCUT2D eigenvalue weighted by Crippen LogP contribution is 2.40. The summed E-state index contributed by atoms with van der Waals surface area (Å²) in [5.41, 5.74) is 6.20. The molecule has 2 fully saturated rings. The van der Waals surface area contributed by atoms with E-state index < -0.39 is 11.5 Å². The van der Waals surface area contributed by atoms with Crippen LogP contribution in [-0.4, -0.2) is 43.7 Å². The van der Waals surface area contributed by atoms with Gasteiger partial charge in [0.15, 0.2) is 11.5 Å². The summed E-state index contributed by atoms with van der Waals surface area (Å²) in [6.07, 6.45) is 2.66. The topological polar surface area (TPSA) is 93.9 Å². The smallest absolute Gasteiger partial charge is 0.239 e. The third-order valence-electron chi connectivity index (χ3n) is 5.67. The van der Waals surface area contributed by atoms with Gasteiger partial charge >= 0.3 is 0 Å². The standard InChI is InChI=1S/C19H25N3O4/c1-19(11-20,12-2-3-12)21-17(23)14-6-7-22(18(14)24)13-4-5-15-16(10-13)26-9-8-25-15/h4-5,10,12,14H,2-3,6-9,11,20H2,1H3,(H,21,23). The van der Waals surface area contributed by atoms with Crippen LogP contribution < -0.4 is 25.4 Å². The van der Waals surface area contributed by atoms with Crippen LogP contribution in [0, 0.1) is 11.8 Å². The molecule has 140 valence electrons. The quantitative estimate of drug-likeness (QED) is 0.767. The first kappa shape index (κ1) is 17.1. The van der Waals surface area contributed by atoms with Crippen LogP contribution in [0.1, 0.15) is 26.2 Å². The fourth-order valence-electron chi connectivity index (χ4n) is 3.79. The highest BCUT2D eigenvalue weighted by atomic mass is 16.6. The number of rotatable bonds is 5. The van der Waals surface area contributed by atoms with E-state index in [-0.39, 0.29) is 11.8 Å². The second kappa shape index (κ2) is 6.46. The van der Waals surface area contributed by atoms with Crippen LogP contribution in [0.3, 0.4) is 0 Å². The van der Waals surface area contributed by atoms with Crippen molar-refractivity contribution in [1.82, 2.24) is 5.32 Å². The van der Waals surface area contributed by atoms with Gasteiger partial charge < -0.3 is 25.4 Å². The Kier molecular flexibility index (Phi) is 4.26. The number of anilines is 1. The molecule has 3 N–H and O–H groups in total. The first-order chi connectivity index (χ1) is 12.5. The molecule has 0 bridgehead atoms. The SMILES string of the molecule is CC(CN)(NC(=O)C1CCN(c2ccc3c(c2)OCCO3)C1=O)C1CC1. The van der Waals surface area contributed by atoms with Gasteiger partial charge in [0.05, 0.1) is 5.54 Å². The first-order valence-corrected chi connectivity index (χ1v) is 9.25. The number of fused-ring (bicyclic) bond motifs is 1. The molecule has 1 saturated carbocycles. The molecule has 2 atom stereocenters. The molecule has 2 heterocycles. The zero-order chi connectivity index (χ0) is 18.3. The Balaban J connectivity index is 1.47. The van der Waals surface area contributed by atoms with Gasteiger partial charge in [-0.1, -0.05) is 0 Å². The lowest BCUT2D eigenvalue weighted by Crippen LogP contribution is -2.55. The Bertz CT molecular complexity index is 733. The summed E-state index contributed by atoms with van der Waals surface area (Å²) in [6, 6.07) is 5.45. The maximum atomic E-state index is 12.8. The molecule has 2 unspecified atom stereocenters. The summed E-state index contributed by atoms with van der Waals surface area (Å²) >= 11 is 0. The Morgan fingerprint density at radius 1 is 1.27 bits per heavy atom. The van der Waals surface area contributed by atoms with Gasteiger partial charge in [-0.2, -0.15) is 0 Å². The molecule has 2 aliphatic heterocycles. The number of hydrogen-bond donors (Lipinski definition) is 2. The Morgan fingerprint density at radius 2 is 2.00 bits per heavy atom. The van der Waals surface area contributed by atoms with Crippen molar-refractivity contribution in [3.05, 3.63) is 18.2 Å². The molecule has 7 nitrogen and oxygen atoms in total.